The Morgan fingerprint density at radius 1 is 0.906 bits per heavy atom. The maximum absolute atomic E-state index is 14.1. The zero-order chi connectivity index (χ0) is 22.7. The lowest BCUT2D eigenvalue weighted by atomic mass is 10.1. The van der Waals surface area contributed by atoms with E-state index < -0.39 is 23.5 Å². The van der Waals surface area contributed by atoms with Gasteiger partial charge in [0.15, 0.2) is 0 Å². The van der Waals surface area contributed by atoms with Gasteiger partial charge in [-0.1, -0.05) is 12.1 Å². The van der Waals surface area contributed by atoms with E-state index in [1.165, 1.54) is 30.3 Å². The molecule has 0 atom stereocenters. The third-order valence-corrected chi connectivity index (χ3v) is 4.70. The zero-order valence-corrected chi connectivity index (χ0v) is 16.7. The van der Waals surface area contributed by atoms with Gasteiger partial charge in [-0.3, -0.25) is 9.59 Å². The highest BCUT2D eigenvalue weighted by molar-refractivity contribution is 5.98. The highest BCUT2D eigenvalue weighted by Gasteiger charge is 2.11. The van der Waals surface area contributed by atoms with Gasteiger partial charge in [-0.05, 0) is 59.7 Å². The van der Waals surface area contributed by atoms with Crippen LogP contribution in [-0.2, 0) is 17.8 Å². The summed E-state index contributed by atoms with van der Waals surface area (Å²) in [7, 11) is 0. The molecule has 4 rings (SSSR count). The number of aromatic nitrogens is 1. The minimum absolute atomic E-state index is 0.0374. The number of carbonyl (C=O) groups excluding carboxylic acids is 1. The summed E-state index contributed by atoms with van der Waals surface area (Å²) in [6.07, 6.45) is -0.155. The number of aromatic amines is 1. The molecular formula is C24H18F2N2O4. The standard InChI is InChI=1S/C24H18F2N2O4/c25-17-4-5-21-16(10-17)11-22(28-21)24(31)27-13-15-6-18(26)12-20(8-15)32-19-3-1-2-14(7-19)9-23(29)30/h1-8,10-12,28H,9,13H2,(H,27,31)(H,29,30). The largest absolute Gasteiger partial charge is 0.481 e. The average Bonchev–Trinajstić information content (AvgIpc) is 3.15. The molecule has 0 saturated heterocycles. The Labute approximate surface area is 181 Å². The van der Waals surface area contributed by atoms with E-state index in [-0.39, 0.29) is 24.4 Å². The molecule has 0 saturated carbocycles. The van der Waals surface area contributed by atoms with Crippen molar-refractivity contribution in [3.63, 3.8) is 0 Å². The number of rotatable bonds is 7. The quantitative estimate of drug-likeness (QED) is 0.388. The molecular weight excluding hydrogens is 418 g/mol. The first kappa shape index (κ1) is 21.0. The van der Waals surface area contributed by atoms with E-state index in [0.29, 0.717) is 27.8 Å². The van der Waals surface area contributed by atoms with Gasteiger partial charge >= 0.3 is 5.97 Å². The molecule has 0 fully saturated rings. The molecule has 0 aliphatic carbocycles. The summed E-state index contributed by atoms with van der Waals surface area (Å²) in [5.41, 5.74) is 1.91. The minimum Gasteiger partial charge on any atom is -0.481 e. The number of nitrogens with one attached hydrogen (secondary N) is 2. The summed E-state index contributed by atoms with van der Waals surface area (Å²) in [5.74, 6) is -1.75. The van der Waals surface area contributed by atoms with E-state index in [1.807, 2.05) is 0 Å². The lowest BCUT2D eigenvalue weighted by Gasteiger charge is -2.10. The molecule has 3 aromatic carbocycles. The number of carboxylic acids is 1. The van der Waals surface area contributed by atoms with Crippen LogP contribution in [0.4, 0.5) is 8.78 Å². The molecule has 8 heteroatoms. The molecule has 0 spiro atoms. The number of benzene rings is 3. The second-order valence-corrected chi connectivity index (χ2v) is 7.21. The predicted molar refractivity (Wildman–Crippen MR) is 114 cm³/mol. The first-order valence-corrected chi connectivity index (χ1v) is 9.70. The Morgan fingerprint density at radius 3 is 2.53 bits per heavy atom. The maximum atomic E-state index is 14.1. The number of carbonyl (C=O) groups is 2. The third-order valence-electron chi connectivity index (χ3n) is 4.70. The fourth-order valence-electron chi connectivity index (χ4n) is 3.31. The lowest BCUT2D eigenvalue weighted by molar-refractivity contribution is -0.136. The number of hydrogen-bond donors (Lipinski definition) is 3. The van der Waals surface area contributed by atoms with Gasteiger partial charge < -0.3 is 20.1 Å². The SMILES string of the molecule is O=C(O)Cc1cccc(Oc2cc(F)cc(CNC(=O)c3cc4cc(F)ccc4[nH]3)c2)c1. The van der Waals surface area contributed by atoms with Crippen molar-refractivity contribution in [2.75, 3.05) is 0 Å². The molecule has 4 aromatic rings. The number of fused-ring (bicyclic) bond motifs is 1. The van der Waals surface area contributed by atoms with E-state index >= 15 is 0 Å². The first-order chi connectivity index (χ1) is 15.4. The van der Waals surface area contributed by atoms with Gasteiger partial charge in [-0.15, -0.1) is 0 Å². The van der Waals surface area contributed by atoms with E-state index in [0.717, 1.165) is 0 Å². The molecule has 0 unspecified atom stereocenters. The van der Waals surface area contributed by atoms with Crippen LogP contribution in [0.25, 0.3) is 10.9 Å². The molecule has 1 heterocycles. The van der Waals surface area contributed by atoms with Crippen LogP contribution in [-0.4, -0.2) is 22.0 Å². The van der Waals surface area contributed by atoms with E-state index in [9.17, 15) is 18.4 Å². The lowest BCUT2D eigenvalue weighted by Crippen LogP contribution is -2.23. The molecule has 0 radical (unpaired) electrons. The second-order valence-electron chi connectivity index (χ2n) is 7.21. The number of ether oxygens (including phenoxy) is 1. The van der Waals surface area contributed by atoms with Crippen LogP contribution < -0.4 is 10.1 Å². The normalized spacial score (nSPS) is 10.8. The molecule has 32 heavy (non-hydrogen) atoms. The Bertz CT molecular complexity index is 1320. The number of halogens is 2. The van der Waals surface area contributed by atoms with Crippen LogP contribution in [0, 0.1) is 11.6 Å². The number of amides is 1. The van der Waals surface area contributed by atoms with Crippen molar-refractivity contribution >= 4 is 22.8 Å². The van der Waals surface area contributed by atoms with Gasteiger partial charge in [0, 0.05) is 23.5 Å². The molecule has 0 aliphatic rings. The first-order valence-electron chi connectivity index (χ1n) is 9.70. The van der Waals surface area contributed by atoms with Crippen molar-refractivity contribution in [1.29, 1.82) is 0 Å². The monoisotopic (exact) mass is 436 g/mol. The second kappa shape index (κ2) is 8.89. The Hall–Kier alpha value is -4.20. The number of aliphatic carboxylic acids is 1. The molecule has 6 nitrogen and oxygen atoms in total. The van der Waals surface area contributed by atoms with Gasteiger partial charge in [-0.25, -0.2) is 8.78 Å². The van der Waals surface area contributed by atoms with E-state index in [1.54, 1.807) is 36.4 Å². The van der Waals surface area contributed by atoms with Crippen LogP contribution in [0.15, 0.2) is 66.7 Å². The molecule has 3 N–H and O–H groups in total. The zero-order valence-electron chi connectivity index (χ0n) is 16.7. The topological polar surface area (TPSA) is 91.4 Å². The summed E-state index contributed by atoms with van der Waals surface area (Å²) in [6, 6.07) is 16.3. The Balaban J connectivity index is 1.45. The number of H-pyrrole nitrogens is 1. The smallest absolute Gasteiger partial charge is 0.307 e. The van der Waals surface area contributed by atoms with Crippen molar-refractivity contribution < 1.29 is 28.2 Å². The van der Waals surface area contributed by atoms with Crippen molar-refractivity contribution in [1.82, 2.24) is 10.3 Å². The molecule has 162 valence electrons. The summed E-state index contributed by atoms with van der Waals surface area (Å²) in [6.45, 7) is 0.0374. The fourth-order valence-corrected chi connectivity index (χ4v) is 3.31. The number of carboxylic acid groups (broad SMARTS) is 1. The van der Waals surface area contributed by atoms with Gasteiger partial charge in [0.1, 0.15) is 28.8 Å². The molecule has 1 amide bonds. The van der Waals surface area contributed by atoms with Crippen LogP contribution in [0.1, 0.15) is 21.6 Å². The Kier molecular flexibility index (Phi) is 5.85. The summed E-state index contributed by atoms with van der Waals surface area (Å²) in [5, 5.41) is 12.2. The highest BCUT2D eigenvalue weighted by Crippen LogP contribution is 2.25. The predicted octanol–water partition coefficient (Wildman–Crippen LogP) is 4.80. The van der Waals surface area contributed by atoms with Gasteiger partial charge in [0.2, 0.25) is 0 Å². The number of hydrogen-bond acceptors (Lipinski definition) is 3. The van der Waals surface area contributed by atoms with Crippen LogP contribution >= 0.6 is 0 Å². The van der Waals surface area contributed by atoms with Crippen molar-refractivity contribution in [2.24, 2.45) is 0 Å². The van der Waals surface area contributed by atoms with Gasteiger partial charge in [0.05, 0.1) is 6.42 Å². The van der Waals surface area contributed by atoms with Crippen molar-refractivity contribution in [3.8, 4) is 11.5 Å². The molecule has 1 aromatic heterocycles. The minimum atomic E-state index is -0.967. The summed E-state index contributed by atoms with van der Waals surface area (Å²) < 4.78 is 33.1. The van der Waals surface area contributed by atoms with Crippen LogP contribution in [0.5, 0.6) is 11.5 Å². The fraction of sp³-hybridized carbons (Fsp3) is 0.0833. The van der Waals surface area contributed by atoms with Gasteiger partial charge in [-0.2, -0.15) is 0 Å². The van der Waals surface area contributed by atoms with Crippen molar-refractivity contribution in [2.45, 2.75) is 13.0 Å². The molecule has 0 aliphatic heterocycles. The average molecular weight is 436 g/mol. The van der Waals surface area contributed by atoms with Crippen LogP contribution in [0.3, 0.4) is 0 Å². The van der Waals surface area contributed by atoms with Crippen LogP contribution in [0.2, 0.25) is 0 Å². The molecule has 0 bridgehead atoms. The summed E-state index contributed by atoms with van der Waals surface area (Å²) in [4.78, 5) is 26.2. The third kappa shape index (κ3) is 5.10. The maximum Gasteiger partial charge on any atom is 0.307 e. The van der Waals surface area contributed by atoms with Crippen molar-refractivity contribution in [3.05, 3.63) is 95.2 Å². The van der Waals surface area contributed by atoms with Gasteiger partial charge in [0.25, 0.3) is 5.91 Å². The van der Waals surface area contributed by atoms with E-state index in [2.05, 4.69) is 10.3 Å². The highest BCUT2D eigenvalue weighted by atomic mass is 19.1. The van der Waals surface area contributed by atoms with E-state index in [4.69, 9.17) is 9.84 Å². The Morgan fingerprint density at radius 2 is 1.72 bits per heavy atom. The summed E-state index contributed by atoms with van der Waals surface area (Å²) >= 11 is 0.